The SMILES string of the molecule is Cc1cccn2c(=O)c(/C=C3/SC(=S)N(CCc4ccccc4)C3=O)c(NCC(C)C)nc12. The third-order valence-electron chi connectivity index (χ3n) is 5.38. The molecule has 0 bridgehead atoms. The van der Waals surface area contributed by atoms with Crippen LogP contribution in [0.5, 0.6) is 0 Å². The molecule has 1 N–H and O–H groups in total. The first-order valence-corrected chi connectivity index (χ1v) is 12.1. The number of pyridine rings is 1. The maximum absolute atomic E-state index is 13.4. The zero-order valence-electron chi connectivity index (χ0n) is 18.9. The summed E-state index contributed by atoms with van der Waals surface area (Å²) < 4.78 is 2.03. The largest absolute Gasteiger partial charge is 0.369 e. The van der Waals surface area contributed by atoms with E-state index in [1.54, 1.807) is 17.2 Å². The first-order valence-electron chi connectivity index (χ1n) is 10.9. The molecule has 4 rings (SSSR count). The van der Waals surface area contributed by atoms with Crippen molar-refractivity contribution in [1.29, 1.82) is 0 Å². The molecule has 170 valence electrons. The van der Waals surface area contributed by atoms with Crippen molar-refractivity contribution in [3.8, 4) is 0 Å². The van der Waals surface area contributed by atoms with Crippen LogP contribution in [0, 0.1) is 12.8 Å². The van der Waals surface area contributed by atoms with E-state index in [4.69, 9.17) is 17.2 Å². The number of hydrogen-bond acceptors (Lipinski definition) is 6. The van der Waals surface area contributed by atoms with E-state index in [9.17, 15) is 9.59 Å². The van der Waals surface area contributed by atoms with Gasteiger partial charge in [-0.1, -0.05) is 74.2 Å². The van der Waals surface area contributed by atoms with Gasteiger partial charge in [-0.2, -0.15) is 0 Å². The Morgan fingerprint density at radius 2 is 1.91 bits per heavy atom. The van der Waals surface area contributed by atoms with Gasteiger partial charge < -0.3 is 5.32 Å². The molecule has 0 spiro atoms. The summed E-state index contributed by atoms with van der Waals surface area (Å²) in [6.45, 7) is 7.25. The van der Waals surface area contributed by atoms with Gasteiger partial charge in [-0.3, -0.25) is 18.9 Å². The van der Waals surface area contributed by atoms with Gasteiger partial charge in [0.15, 0.2) is 0 Å². The molecule has 0 saturated carbocycles. The highest BCUT2D eigenvalue weighted by atomic mass is 32.2. The number of anilines is 1. The Morgan fingerprint density at radius 1 is 1.15 bits per heavy atom. The van der Waals surface area contributed by atoms with Crippen molar-refractivity contribution in [2.75, 3.05) is 18.4 Å². The molecule has 1 fully saturated rings. The lowest BCUT2D eigenvalue weighted by molar-refractivity contribution is -0.122. The van der Waals surface area contributed by atoms with Gasteiger partial charge in [-0.05, 0) is 42.5 Å². The van der Waals surface area contributed by atoms with E-state index in [1.165, 1.54) is 16.2 Å². The van der Waals surface area contributed by atoms with E-state index in [0.29, 0.717) is 51.7 Å². The van der Waals surface area contributed by atoms with Crippen LogP contribution in [0.25, 0.3) is 11.7 Å². The molecule has 0 unspecified atom stereocenters. The molecule has 1 aliphatic rings. The molecule has 33 heavy (non-hydrogen) atoms. The number of thioether (sulfide) groups is 1. The van der Waals surface area contributed by atoms with E-state index in [1.807, 2.05) is 49.4 Å². The van der Waals surface area contributed by atoms with Gasteiger partial charge in [-0.25, -0.2) is 4.98 Å². The fourth-order valence-corrected chi connectivity index (χ4v) is 4.88. The smallest absolute Gasteiger partial charge is 0.267 e. The van der Waals surface area contributed by atoms with Crippen molar-refractivity contribution in [3.05, 3.63) is 80.6 Å². The summed E-state index contributed by atoms with van der Waals surface area (Å²) in [5, 5.41) is 3.29. The van der Waals surface area contributed by atoms with Gasteiger partial charge in [0.25, 0.3) is 11.5 Å². The first kappa shape index (κ1) is 23.2. The highest BCUT2D eigenvalue weighted by Gasteiger charge is 2.32. The lowest BCUT2D eigenvalue weighted by Crippen LogP contribution is -2.30. The second-order valence-electron chi connectivity index (χ2n) is 8.41. The third kappa shape index (κ3) is 5.02. The summed E-state index contributed by atoms with van der Waals surface area (Å²) in [5.41, 5.74) is 2.79. The zero-order chi connectivity index (χ0) is 23.5. The van der Waals surface area contributed by atoms with Crippen LogP contribution in [0.1, 0.15) is 30.5 Å². The third-order valence-corrected chi connectivity index (χ3v) is 6.76. The van der Waals surface area contributed by atoms with Crippen molar-refractivity contribution in [1.82, 2.24) is 14.3 Å². The van der Waals surface area contributed by atoms with Crippen LogP contribution < -0.4 is 10.9 Å². The van der Waals surface area contributed by atoms with Crippen molar-refractivity contribution in [2.45, 2.75) is 27.2 Å². The molecule has 1 amide bonds. The number of benzene rings is 1. The summed E-state index contributed by atoms with van der Waals surface area (Å²) in [4.78, 5) is 33.3. The number of nitrogens with zero attached hydrogens (tertiary/aromatic N) is 3. The summed E-state index contributed by atoms with van der Waals surface area (Å²) >= 11 is 6.71. The topological polar surface area (TPSA) is 66.7 Å². The van der Waals surface area contributed by atoms with Crippen LogP contribution in [0.3, 0.4) is 0 Å². The molecule has 0 radical (unpaired) electrons. The molecule has 0 atom stereocenters. The fraction of sp³-hybridized carbons (Fsp3) is 0.280. The number of aryl methyl sites for hydroxylation is 1. The average molecular weight is 479 g/mol. The predicted octanol–water partition coefficient (Wildman–Crippen LogP) is 4.51. The monoisotopic (exact) mass is 478 g/mol. The number of rotatable bonds is 7. The minimum absolute atomic E-state index is 0.176. The highest BCUT2D eigenvalue weighted by Crippen LogP contribution is 2.33. The second-order valence-corrected chi connectivity index (χ2v) is 10.1. The lowest BCUT2D eigenvalue weighted by Gasteiger charge is -2.14. The summed E-state index contributed by atoms with van der Waals surface area (Å²) in [6, 6.07) is 13.7. The van der Waals surface area contributed by atoms with E-state index in [-0.39, 0.29) is 11.5 Å². The maximum atomic E-state index is 13.4. The zero-order valence-corrected chi connectivity index (χ0v) is 20.5. The van der Waals surface area contributed by atoms with Gasteiger partial charge in [0.1, 0.15) is 15.8 Å². The molecule has 0 aliphatic carbocycles. The number of aromatic nitrogens is 2. The van der Waals surface area contributed by atoms with Crippen molar-refractivity contribution >= 4 is 51.7 Å². The minimum atomic E-state index is -0.218. The molecule has 8 heteroatoms. The molecule has 1 aromatic carbocycles. The molecule has 3 aromatic rings. The lowest BCUT2D eigenvalue weighted by atomic mass is 10.1. The van der Waals surface area contributed by atoms with E-state index in [2.05, 4.69) is 19.2 Å². The Labute approximate surface area is 202 Å². The number of amides is 1. The number of carbonyl (C=O) groups is 1. The summed E-state index contributed by atoms with van der Waals surface area (Å²) in [7, 11) is 0. The van der Waals surface area contributed by atoms with E-state index < -0.39 is 0 Å². The number of fused-ring (bicyclic) bond motifs is 1. The van der Waals surface area contributed by atoms with Crippen LogP contribution in [0.4, 0.5) is 5.82 Å². The van der Waals surface area contributed by atoms with Gasteiger partial charge in [-0.15, -0.1) is 0 Å². The Bertz CT molecular complexity index is 1300. The second kappa shape index (κ2) is 9.89. The van der Waals surface area contributed by atoms with Crippen molar-refractivity contribution in [2.24, 2.45) is 5.92 Å². The Hall–Kier alpha value is -2.97. The molecular weight excluding hydrogens is 452 g/mol. The van der Waals surface area contributed by atoms with Crippen LogP contribution >= 0.6 is 24.0 Å². The molecule has 2 aromatic heterocycles. The normalized spacial score (nSPS) is 15.3. The molecule has 6 nitrogen and oxygen atoms in total. The first-order chi connectivity index (χ1) is 15.8. The van der Waals surface area contributed by atoms with Gasteiger partial charge in [0, 0.05) is 19.3 Å². The van der Waals surface area contributed by atoms with Crippen molar-refractivity contribution in [3.63, 3.8) is 0 Å². The van der Waals surface area contributed by atoms with Gasteiger partial charge >= 0.3 is 0 Å². The number of hydrogen-bond donors (Lipinski definition) is 1. The summed E-state index contributed by atoms with van der Waals surface area (Å²) in [6.07, 6.45) is 4.04. The predicted molar refractivity (Wildman–Crippen MR) is 140 cm³/mol. The van der Waals surface area contributed by atoms with Crippen LogP contribution in [-0.2, 0) is 11.2 Å². The standard InChI is InChI=1S/C25H26N4O2S2/c1-16(2)15-26-21-19(23(30)28-12-7-8-17(3)22(28)27-21)14-20-24(31)29(25(32)33-20)13-11-18-9-5-4-6-10-18/h4-10,12,14,16,26H,11,13,15H2,1-3H3/b20-14+. The van der Waals surface area contributed by atoms with E-state index >= 15 is 0 Å². The van der Waals surface area contributed by atoms with Crippen LogP contribution in [0.2, 0.25) is 0 Å². The Kier molecular flexibility index (Phi) is 6.95. The average Bonchev–Trinajstić information content (AvgIpc) is 3.06. The molecular formula is C25H26N4O2S2. The quantitative estimate of drug-likeness (QED) is 0.398. The van der Waals surface area contributed by atoms with Crippen LogP contribution in [0.15, 0.2) is 58.4 Å². The number of carbonyl (C=O) groups excluding carboxylic acids is 1. The maximum Gasteiger partial charge on any atom is 0.267 e. The fourth-order valence-electron chi connectivity index (χ4n) is 3.59. The highest BCUT2D eigenvalue weighted by molar-refractivity contribution is 8.26. The summed E-state index contributed by atoms with van der Waals surface area (Å²) in [5.74, 6) is 0.674. The molecule has 1 saturated heterocycles. The minimum Gasteiger partial charge on any atom is -0.369 e. The van der Waals surface area contributed by atoms with Gasteiger partial charge in [0.05, 0.1) is 10.5 Å². The van der Waals surface area contributed by atoms with Crippen molar-refractivity contribution < 1.29 is 4.79 Å². The van der Waals surface area contributed by atoms with Gasteiger partial charge in [0.2, 0.25) is 0 Å². The molecule has 1 aliphatic heterocycles. The molecule has 3 heterocycles. The Balaban J connectivity index is 1.69. The van der Waals surface area contributed by atoms with E-state index in [0.717, 1.165) is 11.1 Å². The number of thiocarbonyl (C=S) groups is 1. The van der Waals surface area contributed by atoms with Crippen LogP contribution in [-0.4, -0.2) is 37.6 Å². The number of nitrogens with one attached hydrogen (secondary N) is 1. The Morgan fingerprint density at radius 3 is 2.64 bits per heavy atom.